The van der Waals surface area contributed by atoms with Gasteiger partial charge in [-0.15, -0.1) is 0 Å². The molecule has 9 N–H and O–H groups in total. The molecule has 1 amide bonds. The van der Waals surface area contributed by atoms with Crippen LogP contribution in [0.1, 0.15) is 71.6 Å². The molecule has 0 bridgehead atoms. The van der Waals surface area contributed by atoms with Gasteiger partial charge in [-0.1, -0.05) is 62.6 Å². The van der Waals surface area contributed by atoms with E-state index in [2.05, 4.69) is 36.5 Å². The van der Waals surface area contributed by atoms with Crippen molar-refractivity contribution in [1.82, 2.24) is 5.32 Å². The van der Waals surface area contributed by atoms with Gasteiger partial charge in [0.25, 0.3) is 0 Å². The van der Waals surface area contributed by atoms with Crippen LogP contribution in [0.2, 0.25) is 0 Å². The first kappa shape index (κ1) is 41.4. The first-order chi connectivity index (χ1) is 22.5. The zero-order valence-electron chi connectivity index (χ0n) is 27.5. The van der Waals surface area contributed by atoms with Gasteiger partial charge in [0.15, 0.2) is 12.6 Å². The predicted molar refractivity (Wildman–Crippen MR) is 171 cm³/mol. The SMILES string of the molecule is CCCCCC/C=C/CC/C=C/CC/C=C/C(O)C(COC1OC(CO)C(OC2OC(CO)C(O)C(O)C2O)C(O)C1O)NC(C)=O. The summed E-state index contributed by atoms with van der Waals surface area (Å²) >= 11 is 0. The van der Waals surface area contributed by atoms with E-state index in [1.807, 2.05) is 0 Å². The lowest BCUT2D eigenvalue weighted by Crippen LogP contribution is -2.65. The van der Waals surface area contributed by atoms with Crippen molar-refractivity contribution in [3.63, 3.8) is 0 Å². The van der Waals surface area contributed by atoms with E-state index in [-0.39, 0.29) is 6.61 Å². The van der Waals surface area contributed by atoms with Crippen molar-refractivity contribution in [3.8, 4) is 0 Å². The molecule has 12 unspecified atom stereocenters. The van der Waals surface area contributed by atoms with Gasteiger partial charge in [0.05, 0.1) is 32.0 Å². The van der Waals surface area contributed by atoms with Gasteiger partial charge in [0.1, 0.15) is 48.8 Å². The third kappa shape index (κ3) is 13.9. The number of nitrogens with one attached hydrogen (secondary N) is 1. The molecule has 272 valence electrons. The summed E-state index contributed by atoms with van der Waals surface area (Å²) in [6, 6.07) is -0.934. The smallest absolute Gasteiger partial charge is 0.217 e. The molecule has 0 aliphatic carbocycles. The number of hydrogen-bond acceptors (Lipinski definition) is 13. The van der Waals surface area contributed by atoms with Crippen LogP contribution in [0.5, 0.6) is 0 Å². The van der Waals surface area contributed by atoms with E-state index in [0.29, 0.717) is 6.42 Å². The molecule has 14 heteroatoms. The molecule has 0 aromatic heterocycles. The minimum Gasteiger partial charge on any atom is -0.394 e. The molecule has 2 aliphatic rings. The molecule has 0 aromatic rings. The van der Waals surface area contributed by atoms with Gasteiger partial charge in [-0.3, -0.25) is 4.79 Å². The van der Waals surface area contributed by atoms with E-state index >= 15 is 0 Å². The summed E-state index contributed by atoms with van der Waals surface area (Å²) in [5, 5.41) is 84.4. The molecular weight excluding hydrogens is 618 g/mol. The van der Waals surface area contributed by atoms with E-state index in [9.17, 15) is 45.6 Å². The molecular formula is C33H57NO13. The number of aliphatic hydroxyl groups is 8. The fourth-order valence-corrected chi connectivity index (χ4v) is 5.29. The number of rotatable bonds is 21. The maximum absolute atomic E-state index is 11.8. The molecule has 2 heterocycles. The van der Waals surface area contributed by atoms with E-state index in [1.165, 1.54) is 38.7 Å². The Morgan fingerprint density at radius 1 is 0.745 bits per heavy atom. The average Bonchev–Trinajstić information content (AvgIpc) is 3.05. The van der Waals surface area contributed by atoms with Crippen LogP contribution < -0.4 is 5.32 Å². The summed E-state index contributed by atoms with van der Waals surface area (Å²) in [6.07, 6.45) is 4.55. The normalized spacial score (nSPS) is 33.1. The molecule has 0 radical (unpaired) electrons. The summed E-state index contributed by atoms with van der Waals surface area (Å²) in [5.41, 5.74) is 0. The Hall–Kier alpha value is -1.79. The Bertz CT molecular complexity index is 945. The average molecular weight is 676 g/mol. The molecule has 2 fully saturated rings. The highest BCUT2D eigenvalue weighted by Gasteiger charge is 2.50. The molecule has 0 aromatic carbocycles. The molecule has 0 saturated carbocycles. The second-order valence-electron chi connectivity index (χ2n) is 12.0. The van der Waals surface area contributed by atoms with Gasteiger partial charge in [0, 0.05) is 6.92 Å². The van der Waals surface area contributed by atoms with Gasteiger partial charge >= 0.3 is 0 Å². The fourth-order valence-electron chi connectivity index (χ4n) is 5.29. The van der Waals surface area contributed by atoms with Crippen LogP contribution in [0.4, 0.5) is 0 Å². The highest BCUT2D eigenvalue weighted by Crippen LogP contribution is 2.29. The maximum atomic E-state index is 11.8. The van der Waals surface area contributed by atoms with Crippen LogP contribution in [-0.2, 0) is 23.7 Å². The van der Waals surface area contributed by atoms with Crippen LogP contribution in [0, 0.1) is 0 Å². The summed E-state index contributed by atoms with van der Waals surface area (Å²) < 4.78 is 22.1. The topological polar surface area (TPSA) is 228 Å². The number of hydrogen-bond donors (Lipinski definition) is 9. The van der Waals surface area contributed by atoms with E-state index in [1.54, 1.807) is 6.08 Å². The number of allylic oxidation sites excluding steroid dienone is 5. The quantitative estimate of drug-likeness (QED) is 0.0563. The minimum atomic E-state index is -1.79. The largest absolute Gasteiger partial charge is 0.394 e. The van der Waals surface area contributed by atoms with Crippen LogP contribution in [0.3, 0.4) is 0 Å². The minimum absolute atomic E-state index is 0.331. The van der Waals surface area contributed by atoms with Crippen molar-refractivity contribution < 1.29 is 64.6 Å². The molecule has 14 nitrogen and oxygen atoms in total. The highest BCUT2D eigenvalue weighted by molar-refractivity contribution is 5.73. The molecule has 2 saturated heterocycles. The Kier molecular flexibility index (Phi) is 20.0. The van der Waals surface area contributed by atoms with Crippen LogP contribution in [0.15, 0.2) is 36.5 Å². The summed E-state index contributed by atoms with van der Waals surface area (Å²) in [6.45, 7) is 1.71. The lowest BCUT2D eigenvalue weighted by Gasteiger charge is -2.46. The third-order valence-corrected chi connectivity index (χ3v) is 8.09. The first-order valence-corrected chi connectivity index (χ1v) is 16.7. The van der Waals surface area contributed by atoms with E-state index in [4.69, 9.17) is 18.9 Å². The zero-order valence-corrected chi connectivity index (χ0v) is 27.5. The molecule has 0 spiro atoms. The molecule has 47 heavy (non-hydrogen) atoms. The molecule has 2 rings (SSSR count). The first-order valence-electron chi connectivity index (χ1n) is 16.7. The van der Waals surface area contributed by atoms with Crippen molar-refractivity contribution >= 4 is 5.91 Å². The Morgan fingerprint density at radius 2 is 1.32 bits per heavy atom. The zero-order chi connectivity index (χ0) is 34.8. The van der Waals surface area contributed by atoms with Gasteiger partial charge in [-0.2, -0.15) is 0 Å². The van der Waals surface area contributed by atoms with Crippen molar-refractivity contribution in [2.45, 2.75) is 145 Å². The standard InChI is InChI=1S/C33H57NO13/c1-3-4-5-6-7-8-9-10-11-12-13-14-15-16-17-23(38)22(34-21(2)37)20-44-32-30(43)28(41)31(25(19-36)46-32)47-33-29(42)27(40)26(39)24(18-35)45-33/h8-9,12-13,16-17,22-33,35-36,38-43H,3-7,10-11,14-15,18-20H2,1-2H3,(H,34,37)/b9-8+,13-12+,17-16+. The Morgan fingerprint density at radius 3 is 1.91 bits per heavy atom. The van der Waals surface area contributed by atoms with Crippen molar-refractivity contribution in [2.75, 3.05) is 19.8 Å². The second kappa shape index (κ2) is 22.8. The van der Waals surface area contributed by atoms with Gasteiger partial charge in [-0.05, 0) is 38.5 Å². The van der Waals surface area contributed by atoms with Gasteiger partial charge in [0.2, 0.25) is 5.91 Å². The number of amides is 1. The van der Waals surface area contributed by atoms with Gasteiger partial charge in [-0.25, -0.2) is 0 Å². The number of carbonyl (C=O) groups is 1. The van der Waals surface area contributed by atoms with Crippen LogP contribution >= 0.6 is 0 Å². The number of carbonyl (C=O) groups excluding carboxylic acids is 1. The third-order valence-electron chi connectivity index (χ3n) is 8.09. The van der Waals surface area contributed by atoms with Gasteiger partial charge < -0.3 is 65.1 Å². The lowest BCUT2D eigenvalue weighted by atomic mass is 9.97. The number of aliphatic hydroxyl groups excluding tert-OH is 8. The monoisotopic (exact) mass is 675 g/mol. The summed E-state index contributed by atoms with van der Waals surface area (Å²) in [5.74, 6) is -0.435. The van der Waals surface area contributed by atoms with E-state index in [0.717, 1.165) is 25.7 Å². The number of ether oxygens (including phenoxy) is 4. The fraction of sp³-hybridized carbons (Fsp3) is 0.788. The van der Waals surface area contributed by atoms with E-state index < -0.39 is 92.7 Å². The number of unbranched alkanes of at least 4 members (excludes halogenated alkanes) is 6. The summed E-state index contributed by atoms with van der Waals surface area (Å²) in [7, 11) is 0. The second-order valence-corrected chi connectivity index (χ2v) is 12.0. The lowest BCUT2D eigenvalue weighted by molar-refractivity contribution is -0.359. The van der Waals surface area contributed by atoms with Crippen molar-refractivity contribution in [2.24, 2.45) is 0 Å². The van der Waals surface area contributed by atoms with Crippen LogP contribution in [0.25, 0.3) is 0 Å². The highest BCUT2D eigenvalue weighted by atomic mass is 16.7. The molecule has 2 aliphatic heterocycles. The Labute approximate surface area is 277 Å². The van der Waals surface area contributed by atoms with Crippen LogP contribution in [-0.4, -0.2) is 140 Å². The summed E-state index contributed by atoms with van der Waals surface area (Å²) in [4.78, 5) is 11.8. The van der Waals surface area contributed by atoms with Crippen molar-refractivity contribution in [3.05, 3.63) is 36.5 Å². The molecule has 12 atom stereocenters. The predicted octanol–water partition coefficient (Wildman–Crippen LogP) is -0.308. The Balaban J connectivity index is 1.85. The maximum Gasteiger partial charge on any atom is 0.217 e. The van der Waals surface area contributed by atoms with Crippen molar-refractivity contribution in [1.29, 1.82) is 0 Å².